The minimum Gasteiger partial charge on any atom is -0.252 e. The second-order valence-electron chi connectivity index (χ2n) is 5.34. The van der Waals surface area contributed by atoms with Crippen molar-refractivity contribution in [3.63, 3.8) is 0 Å². The number of benzene rings is 3. The lowest BCUT2D eigenvalue weighted by Gasteiger charge is -2.09. The van der Waals surface area contributed by atoms with Crippen LogP contribution in [0.3, 0.4) is 0 Å². The van der Waals surface area contributed by atoms with Gasteiger partial charge in [-0.2, -0.15) is 0 Å². The Kier molecular flexibility index (Phi) is 2.71. The molecule has 100 valence electrons. The van der Waals surface area contributed by atoms with Crippen molar-refractivity contribution in [1.29, 1.82) is 0 Å². The van der Waals surface area contributed by atoms with Gasteiger partial charge in [0.2, 0.25) is 0 Å². The van der Waals surface area contributed by atoms with E-state index in [9.17, 15) is 0 Å². The fourth-order valence-corrected chi connectivity index (χ4v) is 2.93. The predicted octanol–water partition coefficient (Wildman–Crippen LogP) is 5.36. The van der Waals surface area contributed by atoms with Gasteiger partial charge >= 0.3 is 0 Å². The smallest absolute Gasteiger partial charge is 0.0711 e. The van der Waals surface area contributed by atoms with Crippen LogP contribution in [0.25, 0.3) is 32.8 Å². The monoisotopic (exact) mass is 269 g/mol. The number of rotatable bonds is 1. The third kappa shape index (κ3) is 1.98. The van der Waals surface area contributed by atoms with Crippen molar-refractivity contribution in [1.82, 2.24) is 4.98 Å². The zero-order valence-electron chi connectivity index (χ0n) is 11.9. The van der Waals surface area contributed by atoms with Crippen LogP contribution in [0.1, 0.15) is 5.69 Å². The highest BCUT2D eigenvalue weighted by Crippen LogP contribution is 2.30. The predicted molar refractivity (Wildman–Crippen MR) is 89.4 cm³/mol. The van der Waals surface area contributed by atoms with E-state index in [-0.39, 0.29) is 0 Å². The Morgan fingerprint density at radius 3 is 2.24 bits per heavy atom. The number of nitrogens with zero attached hydrogens (tertiary/aromatic N) is 1. The SMILES string of the molecule is Cc1nc2ccccc2c2ccc(-c3ccccc3)cc12. The van der Waals surface area contributed by atoms with E-state index in [1.165, 1.54) is 27.3 Å². The molecule has 0 aliphatic rings. The first-order chi connectivity index (χ1) is 10.3. The van der Waals surface area contributed by atoms with Crippen molar-refractivity contribution in [3.8, 4) is 11.1 Å². The quantitative estimate of drug-likeness (QED) is 0.424. The van der Waals surface area contributed by atoms with Gasteiger partial charge in [-0.3, -0.25) is 4.98 Å². The molecular weight excluding hydrogens is 254 g/mol. The highest BCUT2D eigenvalue weighted by molar-refractivity contribution is 6.07. The van der Waals surface area contributed by atoms with Crippen molar-refractivity contribution in [2.24, 2.45) is 0 Å². The molecule has 0 spiro atoms. The number of pyridine rings is 1. The standard InChI is InChI=1S/C20H15N/c1-14-19-13-16(15-7-3-2-4-8-15)11-12-17(19)18-9-5-6-10-20(18)21-14/h2-13H,1H3. The van der Waals surface area contributed by atoms with Crippen molar-refractivity contribution >= 4 is 21.7 Å². The van der Waals surface area contributed by atoms with Crippen LogP contribution in [0, 0.1) is 6.92 Å². The first-order valence-corrected chi connectivity index (χ1v) is 7.17. The van der Waals surface area contributed by atoms with E-state index in [1.807, 2.05) is 12.1 Å². The van der Waals surface area contributed by atoms with E-state index in [2.05, 4.69) is 67.6 Å². The Labute approximate surface area is 123 Å². The average molecular weight is 269 g/mol. The fraction of sp³-hybridized carbons (Fsp3) is 0.0500. The van der Waals surface area contributed by atoms with Crippen molar-refractivity contribution in [2.75, 3.05) is 0 Å². The molecule has 0 saturated carbocycles. The lowest BCUT2D eigenvalue weighted by Crippen LogP contribution is -1.88. The highest BCUT2D eigenvalue weighted by Gasteiger charge is 2.06. The molecule has 1 aromatic heterocycles. The normalized spacial score (nSPS) is 11.1. The maximum Gasteiger partial charge on any atom is 0.0711 e. The summed E-state index contributed by atoms with van der Waals surface area (Å²) in [6.45, 7) is 2.09. The Morgan fingerprint density at radius 2 is 1.38 bits per heavy atom. The van der Waals surface area contributed by atoms with Gasteiger partial charge in [0.1, 0.15) is 0 Å². The summed E-state index contributed by atoms with van der Waals surface area (Å²) >= 11 is 0. The van der Waals surface area contributed by atoms with Gasteiger partial charge in [0, 0.05) is 16.5 Å². The van der Waals surface area contributed by atoms with Crippen molar-refractivity contribution in [2.45, 2.75) is 6.92 Å². The number of hydrogen-bond acceptors (Lipinski definition) is 1. The summed E-state index contributed by atoms with van der Waals surface area (Å²) in [6, 6.07) is 25.5. The summed E-state index contributed by atoms with van der Waals surface area (Å²) in [5.74, 6) is 0. The number of fused-ring (bicyclic) bond motifs is 3. The van der Waals surface area contributed by atoms with Crippen LogP contribution in [-0.2, 0) is 0 Å². The maximum absolute atomic E-state index is 4.74. The molecule has 0 unspecified atom stereocenters. The molecule has 0 N–H and O–H groups in total. The molecule has 4 aromatic rings. The van der Waals surface area contributed by atoms with Crippen molar-refractivity contribution in [3.05, 3.63) is 78.5 Å². The van der Waals surface area contributed by atoms with Gasteiger partial charge in [0.05, 0.1) is 5.52 Å². The summed E-state index contributed by atoms with van der Waals surface area (Å²) in [4.78, 5) is 4.74. The third-order valence-electron chi connectivity index (χ3n) is 4.00. The minimum atomic E-state index is 1.06. The van der Waals surface area contributed by atoms with Gasteiger partial charge in [0.15, 0.2) is 0 Å². The van der Waals surface area contributed by atoms with Crippen LogP contribution in [0.15, 0.2) is 72.8 Å². The van der Waals surface area contributed by atoms with E-state index < -0.39 is 0 Å². The molecule has 0 bridgehead atoms. The Bertz CT molecular complexity index is 940. The van der Waals surface area contributed by atoms with Gasteiger partial charge in [0.25, 0.3) is 0 Å². The lowest BCUT2D eigenvalue weighted by molar-refractivity contribution is 1.29. The largest absolute Gasteiger partial charge is 0.252 e. The maximum atomic E-state index is 4.74. The van der Waals surface area contributed by atoms with Crippen LogP contribution < -0.4 is 0 Å². The zero-order chi connectivity index (χ0) is 14.2. The van der Waals surface area contributed by atoms with Gasteiger partial charge in [-0.05, 0) is 35.6 Å². The molecule has 0 fully saturated rings. The molecule has 0 atom stereocenters. The molecule has 3 aromatic carbocycles. The molecule has 1 heterocycles. The molecule has 0 aliphatic carbocycles. The first kappa shape index (κ1) is 12.1. The van der Waals surface area contributed by atoms with Crippen molar-refractivity contribution < 1.29 is 0 Å². The molecule has 1 nitrogen and oxygen atoms in total. The molecule has 21 heavy (non-hydrogen) atoms. The van der Waals surface area contributed by atoms with Gasteiger partial charge in [-0.25, -0.2) is 0 Å². The average Bonchev–Trinajstić information content (AvgIpc) is 2.55. The number of hydrogen-bond donors (Lipinski definition) is 0. The third-order valence-corrected chi connectivity index (χ3v) is 4.00. The lowest BCUT2D eigenvalue weighted by atomic mass is 9.98. The van der Waals surface area contributed by atoms with Crippen LogP contribution in [0.4, 0.5) is 0 Å². The van der Waals surface area contributed by atoms with E-state index in [1.54, 1.807) is 0 Å². The second kappa shape index (κ2) is 4.71. The molecule has 0 saturated heterocycles. The summed E-state index contributed by atoms with van der Waals surface area (Å²) < 4.78 is 0. The van der Waals surface area contributed by atoms with Gasteiger partial charge in [-0.1, -0.05) is 60.7 Å². The van der Waals surface area contributed by atoms with Gasteiger partial charge in [-0.15, -0.1) is 0 Å². The molecule has 0 radical (unpaired) electrons. The molecule has 1 heteroatoms. The molecule has 0 amide bonds. The number of para-hydroxylation sites is 1. The van der Waals surface area contributed by atoms with E-state index in [4.69, 9.17) is 4.98 Å². The number of aromatic nitrogens is 1. The van der Waals surface area contributed by atoms with Crippen LogP contribution >= 0.6 is 0 Å². The summed E-state index contributed by atoms with van der Waals surface area (Å²) in [5.41, 5.74) is 4.63. The topological polar surface area (TPSA) is 12.9 Å². The summed E-state index contributed by atoms with van der Waals surface area (Å²) in [6.07, 6.45) is 0. The first-order valence-electron chi connectivity index (χ1n) is 7.17. The van der Waals surface area contributed by atoms with E-state index in [0.717, 1.165) is 11.2 Å². The summed E-state index contributed by atoms with van der Waals surface area (Å²) in [7, 11) is 0. The Balaban J connectivity index is 2.05. The van der Waals surface area contributed by atoms with Gasteiger partial charge < -0.3 is 0 Å². The Morgan fingerprint density at radius 1 is 0.619 bits per heavy atom. The Hall–Kier alpha value is -2.67. The van der Waals surface area contributed by atoms with Crippen LogP contribution in [-0.4, -0.2) is 4.98 Å². The summed E-state index contributed by atoms with van der Waals surface area (Å²) in [5, 5.41) is 3.73. The van der Waals surface area contributed by atoms with Crippen LogP contribution in [0.2, 0.25) is 0 Å². The fourth-order valence-electron chi connectivity index (χ4n) is 2.93. The van der Waals surface area contributed by atoms with E-state index >= 15 is 0 Å². The second-order valence-corrected chi connectivity index (χ2v) is 5.34. The highest BCUT2D eigenvalue weighted by atomic mass is 14.7. The number of aryl methyl sites for hydroxylation is 1. The minimum absolute atomic E-state index is 1.06. The van der Waals surface area contributed by atoms with E-state index in [0.29, 0.717) is 0 Å². The molecule has 4 rings (SSSR count). The molecule has 0 aliphatic heterocycles. The molecular formula is C20H15N. The van der Waals surface area contributed by atoms with Crippen LogP contribution in [0.5, 0.6) is 0 Å². The zero-order valence-corrected chi connectivity index (χ0v) is 11.9.